The van der Waals surface area contributed by atoms with Gasteiger partial charge in [0, 0.05) is 6.54 Å². The maximum Gasteiger partial charge on any atom is 0.0787 e. The summed E-state index contributed by atoms with van der Waals surface area (Å²) in [6, 6.07) is 0. The van der Waals surface area contributed by atoms with Gasteiger partial charge < -0.3 is 10.0 Å². The van der Waals surface area contributed by atoms with Crippen molar-refractivity contribution >= 4 is 0 Å². The summed E-state index contributed by atoms with van der Waals surface area (Å²) >= 11 is 0. The SMILES string of the molecule is C=C1/C(=C\C=C2/CCCC3(C)C2CCC3[C@@H](C)CN2CCCC2)CCC[C@@H]1O. The molecule has 4 aliphatic rings. The zero-order valence-electron chi connectivity index (χ0n) is 18.3. The summed E-state index contributed by atoms with van der Waals surface area (Å²) in [6.45, 7) is 13.3. The van der Waals surface area contributed by atoms with E-state index in [0.717, 1.165) is 42.6 Å². The standard InChI is InChI=1S/C26H41NO/c1-19(18-27-16-4-5-17-27)23-13-14-24-22(9-7-15-26(23,24)3)12-11-21-8-6-10-25(28)20(21)2/h11-12,19,23-25,28H,2,4-10,13-18H2,1,3H3/b21-11-,22-12+/t19-,23?,24?,25-,26?/m0/s1. The van der Waals surface area contributed by atoms with Gasteiger partial charge in [0.15, 0.2) is 0 Å². The molecule has 0 aromatic rings. The minimum Gasteiger partial charge on any atom is -0.388 e. The van der Waals surface area contributed by atoms with Gasteiger partial charge in [-0.25, -0.2) is 0 Å². The quantitative estimate of drug-likeness (QED) is 0.654. The van der Waals surface area contributed by atoms with Crippen LogP contribution in [0, 0.1) is 23.2 Å². The zero-order chi connectivity index (χ0) is 19.7. The van der Waals surface area contributed by atoms with Crippen LogP contribution in [0.4, 0.5) is 0 Å². The number of fused-ring (bicyclic) bond motifs is 1. The number of aliphatic hydroxyl groups excluding tert-OH is 1. The Balaban J connectivity index is 1.48. The molecule has 4 fully saturated rings. The molecule has 2 heteroatoms. The van der Waals surface area contributed by atoms with E-state index in [2.05, 4.69) is 37.5 Å². The first-order valence-corrected chi connectivity index (χ1v) is 12.0. The van der Waals surface area contributed by atoms with Crippen molar-refractivity contribution in [2.75, 3.05) is 19.6 Å². The zero-order valence-corrected chi connectivity index (χ0v) is 18.3. The van der Waals surface area contributed by atoms with Gasteiger partial charge in [0.05, 0.1) is 6.10 Å². The van der Waals surface area contributed by atoms with E-state index >= 15 is 0 Å². The van der Waals surface area contributed by atoms with Crippen molar-refractivity contribution in [2.45, 2.75) is 84.2 Å². The lowest BCUT2D eigenvalue weighted by atomic mass is 9.61. The van der Waals surface area contributed by atoms with E-state index in [9.17, 15) is 5.11 Å². The molecule has 1 aliphatic heterocycles. The average molecular weight is 384 g/mol. The van der Waals surface area contributed by atoms with Gasteiger partial charge in [0.2, 0.25) is 0 Å². The van der Waals surface area contributed by atoms with Crippen molar-refractivity contribution in [3.05, 3.63) is 35.5 Å². The van der Waals surface area contributed by atoms with Crippen LogP contribution in [0.2, 0.25) is 0 Å². The summed E-state index contributed by atoms with van der Waals surface area (Å²) in [7, 11) is 0. The molecule has 1 saturated heterocycles. The summed E-state index contributed by atoms with van der Waals surface area (Å²) in [5, 5.41) is 10.1. The second-order valence-electron chi connectivity index (χ2n) is 10.4. The van der Waals surface area contributed by atoms with E-state index in [1.807, 2.05) is 0 Å². The molecule has 0 aromatic carbocycles. The fourth-order valence-corrected chi connectivity index (χ4v) is 7.15. The van der Waals surface area contributed by atoms with Crippen LogP contribution in [0.5, 0.6) is 0 Å². The molecule has 3 unspecified atom stereocenters. The predicted molar refractivity (Wildman–Crippen MR) is 118 cm³/mol. The number of nitrogens with zero attached hydrogens (tertiary/aromatic N) is 1. The molecule has 156 valence electrons. The average Bonchev–Trinajstić information content (AvgIpc) is 3.30. The summed E-state index contributed by atoms with van der Waals surface area (Å²) in [6.07, 6.45) is 17.1. The normalized spacial score (nSPS) is 41.0. The van der Waals surface area contributed by atoms with Gasteiger partial charge >= 0.3 is 0 Å². The molecule has 0 spiro atoms. The monoisotopic (exact) mass is 383 g/mol. The Morgan fingerprint density at radius 3 is 2.68 bits per heavy atom. The molecule has 28 heavy (non-hydrogen) atoms. The van der Waals surface area contributed by atoms with Gasteiger partial charge in [-0.2, -0.15) is 0 Å². The van der Waals surface area contributed by atoms with Crippen LogP contribution in [0.1, 0.15) is 78.1 Å². The lowest BCUT2D eigenvalue weighted by molar-refractivity contribution is 0.0823. The van der Waals surface area contributed by atoms with Crippen molar-refractivity contribution in [3.8, 4) is 0 Å². The van der Waals surface area contributed by atoms with E-state index in [1.54, 1.807) is 5.57 Å². The molecule has 4 rings (SSSR count). The third-order valence-corrected chi connectivity index (χ3v) is 8.71. The molecule has 3 saturated carbocycles. The van der Waals surface area contributed by atoms with E-state index in [-0.39, 0.29) is 6.10 Å². The summed E-state index contributed by atoms with van der Waals surface area (Å²) in [5.74, 6) is 2.46. The first-order valence-electron chi connectivity index (χ1n) is 12.0. The van der Waals surface area contributed by atoms with Crippen LogP contribution in [0.15, 0.2) is 35.5 Å². The topological polar surface area (TPSA) is 23.5 Å². The Labute approximate surface area is 172 Å². The van der Waals surface area contributed by atoms with Crippen LogP contribution < -0.4 is 0 Å². The highest BCUT2D eigenvalue weighted by molar-refractivity contribution is 5.37. The molecule has 1 heterocycles. The third kappa shape index (κ3) is 3.92. The van der Waals surface area contributed by atoms with Crippen LogP contribution in [0.25, 0.3) is 0 Å². The lowest BCUT2D eigenvalue weighted by Gasteiger charge is -2.45. The van der Waals surface area contributed by atoms with Gasteiger partial charge in [-0.3, -0.25) is 0 Å². The molecular weight excluding hydrogens is 342 g/mol. The number of rotatable bonds is 4. The number of allylic oxidation sites excluding steroid dienone is 3. The summed E-state index contributed by atoms with van der Waals surface area (Å²) in [4.78, 5) is 2.71. The second-order valence-corrected chi connectivity index (χ2v) is 10.4. The summed E-state index contributed by atoms with van der Waals surface area (Å²) < 4.78 is 0. The minimum atomic E-state index is -0.322. The first-order chi connectivity index (χ1) is 13.5. The maximum atomic E-state index is 10.1. The van der Waals surface area contributed by atoms with E-state index in [1.165, 1.54) is 70.2 Å². The maximum absolute atomic E-state index is 10.1. The fraction of sp³-hybridized carbons (Fsp3) is 0.769. The van der Waals surface area contributed by atoms with Crippen LogP contribution in [-0.4, -0.2) is 35.7 Å². The van der Waals surface area contributed by atoms with Gasteiger partial charge in [-0.15, -0.1) is 0 Å². The van der Waals surface area contributed by atoms with Gasteiger partial charge in [-0.05, 0) is 112 Å². The molecule has 0 radical (unpaired) electrons. The molecule has 0 bridgehead atoms. The van der Waals surface area contributed by atoms with Crippen molar-refractivity contribution in [2.24, 2.45) is 23.2 Å². The van der Waals surface area contributed by atoms with Crippen LogP contribution in [-0.2, 0) is 0 Å². The number of likely N-dealkylation sites (tertiary alicyclic amines) is 1. The molecule has 2 nitrogen and oxygen atoms in total. The largest absolute Gasteiger partial charge is 0.388 e. The Morgan fingerprint density at radius 1 is 1.11 bits per heavy atom. The molecular formula is C26H41NO. The fourth-order valence-electron chi connectivity index (χ4n) is 7.15. The van der Waals surface area contributed by atoms with Gasteiger partial charge in [0.25, 0.3) is 0 Å². The Kier molecular flexibility index (Phi) is 6.18. The van der Waals surface area contributed by atoms with Crippen molar-refractivity contribution < 1.29 is 5.11 Å². The highest BCUT2D eigenvalue weighted by Crippen LogP contribution is 2.59. The van der Waals surface area contributed by atoms with Crippen molar-refractivity contribution in [1.82, 2.24) is 4.90 Å². The minimum absolute atomic E-state index is 0.322. The van der Waals surface area contributed by atoms with E-state index in [0.29, 0.717) is 5.41 Å². The van der Waals surface area contributed by atoms with Gasteiger partial charge in [0.1, 0.15) is 0 Å². The van der Waals surface area contributed by atoms with E-state index in [4.69, 9.17) is 0 Å². The first kappa shape index (κ1) is 20.4. The molecule has 3 aliphatic carbocycles. The summed E-state index contributed by atoms with van der Waals surface area (Å²) in [5.41, 5.74) is 4.43. The predicted octanol–water partition coefficient (Wildman–Crippen LogP) is 5.89. The Morgan fingerprint density at radius 2 is 1.89 bits per heavy atom. The number of aliphatic hydroxyl groups is 1. The molecule has 0 amide bonds. The smallest absolute Gasteiger partial charge is 0.0787 e. The van der Waals surface area contributed by atoms with Crippen LogP contribution in [0.3, 0.4) is 0 Å². The highest BCUT2D eigenvalue weighted by atomic mass is 16.3. The molecule has 1 N–H and O–H groups in total. The van der Waals surface area contributed by atoms with Gasteiger partial charge in [-0.1, -0.05) is 38.2 Å². The highest BCUT2D eigenvalue weighted by Gasteiger charge is 2.50. The number of hydrogen-bond acceptors (Lipinski definition) is 2. The van der Waals surface area contributed by atoms with Crippen molar-refractivity contribution in [3.63, 3.8) is 0 Å². The van der Waals surface area contributed by atoms with E-state index < -0.39 is 0 Å². The van der Waals surface area contributed by atoms with Crippen LogP contribution >= 0.6 is 0 Å². The molecule has 5 atom stereocenters. The molecule has 0 aromatic heterocycles. The Hall–Kier alpha value is -0.860. The second kappa shape index (κ2) is 8.48. The van der Waals surface area contributed by atoms with Crippen molar-refractivity contribution in [1.29, 1.82) is 0 Å². The Bertz CT molecular complexity index is 641. The lowest BCUT2D eigenvalue weighted by Crippen LogP contribution is -2.39. The third-order valence-electron chi connectivity index (χ3n) is 8.71. The number of hydrogen-bond donors (Lipinski definition) is 1.